The van der Waals surface area contributed by atoms with Gasteiger partial charge in [-0.05, 0) is 36.4 Å². The van der Waals surface area contributed by atoms with Crippen molar-refractivity contribution in [2.24, 2.45) is 0 Å². The van der Waals surface area contributed by atoms with Crippen LogP contribution in [0.15, 0.2) is 48.5 Å². The Balaban J connectivity index is 2.46. The van der Waals surface area contributed by atoms with Crippen molar-refractivity contribution in [3.8, 4) is 11.5 Å². The molecule has 0 radical (unpaired) electrons. The lowest BCUT2D eigenvalue weighted by Crippen LogP contribution is -2.69. The molecular formula is C19H16ClF5N2O5. The highest BCUT2D eigenvalue weighted by atomic mass is 35.5. The smallest absolute Gasteiger partial charge is 0.487 e. The Morgan fingerprint density at radius 3 is 2.03 bits per heavy atom. The minimum Gasteiger partial charge on any atom is -0.496 e. The molecule has 1 atom stereocenters. The summed E-state index contributed by atoms with van der Waals surface area (Å²) in [7, 11) is 1.90. The van der Waals surface area contributed by atoms with Crippen LogP contribution in [0.25, 0.3) is 0 Å². The second kappa shape index (κ2) is 9.47. The summed E-state index contributed by atoms with van der Waals surface area (Å²) in [6, 6.07) is 8.93. The third kappa shape index (κ3) is 5.69. The van der Waals surface area contributed by atoms with Crippen LogP contribution in [0, 0.1) is 0 Å². The van der Waals surface area contributed by atoms with Crippen LogP contribution in [0.5, 0.6) is 11.5 Å². The zero-order valence-corrected chi connectivity index (χ0v) is 17.2. The lowest BCUT2D eigenvalue weighted by molar-refractivity contribution is -0.203. The number of nitrogens with one attached hydrogen (secondary N) is 2. The molecule has 174 valence electrons. The number of para-hydroxylation sites is 1. The molecule has 0 heterocycles. The van der Waals surface area contributed by atoms with Crippen molar-refractivity contribution in [1.82, 2.24) is 5.32 Å². The summed E-state index contributed by atoms with van der Waals surface area (Å²) in [6.45, 7) is 0. The van der Waals surface area contributed by atoms with E-state index in [-0.39, 0.29) is 11.3 Å². The fourth-order valence-corrected chi connectivity index (χ4v) is 2.66. The van der Waals surface area contributed by atoms with E-state index in [0.29, 0.717) is 7.11 Å². The number of rotatable bonds is 8. The first kappa shape index (κ1) is 25.0. The van der Waals surface area contributed by atoms with Gasteiger partial charge in [0.25, 0.3) is 5.91 Å². The molecule has 0 aliphatic heterocycles. The van der Waals surface area contributed by atoms with E-state index in [0.717, 1.165) is 24.3 Å². The van der Waals surface area contributed by atoms with Crippen LogP contribution in [0.1, 0.15) is 10.4 Å². The summed E-state index contributed by atoms with van der Waals surface area (Å²) in [4.78, 5) is 24.9. The molecule has 32 heavy (non-hydrogen) atoms. The summed E-state index contributed by atoms with van der Waals surface area (Å²) in [5.74, 6) is -3.71. The molecule has 2 rings (SSSR count). The van der Waals surface area contributed by atoms with Gasteiger partial charge in [0.15, 0.2) is 0 Å². The number of benzene rings is 2. The predicted molar refractivity (Wildman–Crippen MR) is 103 cm³/mol. The molecule has 1 amide bonds. The van der Waals surface area contributed by atoms with Gasteiger partial charge in [0.2, 0.25) is 0 Å². The maximum atomic E-state index is 14.1. The average molecular weight is 483 g/mol. The zero-order valence-electron chi connectivity index (χ0n) is 16.4. The van der Waals surface area contributed by atoms with Crippen molar-refractivity contribution in [2.75, 3.05) is 19.5 Å². The van der Waals surface area contributed by atoms with Crippen LogP contribution in [-0.4, -0.2) is 43.5 Å². The third-order valence-electron chi connectivity index (χ3n) is 3.99. The molecule has 13 heteroatoms. The standard InChI is InChI=1S/C19H16ClF5N2O5/c1-30-14-6-4-3-5-13(14)15(28)27-17(16(29)31-2,18(21,22)23)26-11-7-9-12(10-8-11)32-19(20,24)25/h3-10,26H,1-2H3,(H,27,28). The van der Waals surface area contributed by atoms with Gasteiger partial charge >= 0.3 is 23.4 Å². The van der Waals surface area contributed by atoms with Crippen LogP contribution in [0.4, 0.5) is 27.6 Å². The molecule has 0 saturated heterocycles. The number of ether oxygens (including phenoxy) is 3. The predicted octanol–water partition coefficient (Wildman–Crippen LogP) is 4.14. The van der Waals surface area contributed by atoms with Crippen molar-refractivity contribution in [3.05, 3.63) is 54.1 Å². The molecule has 0 aromatic heterocycles. The molecule has 1 unspecified atom stereocenters. The SMILES string of the molecule is COC(=O)C(NC(=O)c1ccccc1OC)(Nc1ccc(OC(F)(F)Cl)cc1)C(F)(F)F. The lowest BCUT2D eigenvalue weighted by atomic mass is 10.1. The summed E-state index contributed by atoms with van der Waals surface area (Å²) >= 11 is 4.64. The molecule has 0 fully saturated rings. The maximum absolute atomic E-state index is 14.1. The van der Waals surface area contributed by atoms with Gasteiger partial charge in [0.1, 0.15) is 11.5 Å². The van der Waals surface area contributed by atoms with Crippen LogP contribution in [-0.2, 0) is 9.53 Å². The van der Waals surface area contributed by atoms with Crippen molar-refractivity contribution in [1.29, 1.82) is 0 Å². The van der Waals surface area contributed by atoms with Gasteiger partial charge in [0.05, 0.1) is 19.8 Å². The molecule has 7 nitrogen and oxygen atoms in total. The number of carbonyl (C=O) groups is 2. The molecule has 0 bridgehead atoms. The van der Waals surface area contributed by atoms with Crippen molar-refractivity contribution < 1.29 is 45.8 Å². The minimum atomic E-state index is -5.41. The molecule has 2 aromatic rings. The fraction of sp³-hybridized carbons (Fsp3) is 0.263. The topological polar surface area (TPSA) is 85.9 Å². The number of hydrogen-bond donors (Lipinski definition) is 2. The second-order valence-electron chi connectivity index (χ2n) is 6.09. The number of hydrogen-bond acceptors (Lipinski definition) is 6. The monoisotopic (exact) mass is 482 g/mol. The van der Waals surface area contributed by atoms with Crippen molar-refractivity contribution in [3.63, 3.8) is 0 Å². The van der Waals surface area contributed by atoms with Crippen LogP contribution < -0.4 is 20.1 Å². The Morgan fingerprint density at radius 1 is 0.938 bits per heavy atom. The molecule has 2 aromatic carbocycles. The Kier molecular flexibility index (Phi) is 7.39. The van der Waals surface area contributed by atoms with Crippen LogP contribution >= 0.6 is 11.6 Å². The number of carbonyl (C=O) groups excluding carboxylic acids is 2. The van der Waals surface area contributed by atoms with E-state index in [2.05, 4.69) is 21.1 Å². The summed E-state index contributed by atoms with van der Waals surface area (Å²) in [5.41, 5.74) is -8.46. The quantitative estimate of drug-likeness (QED) is 0.255. The first-order valence-corrected chi connectivity index (χ1v) is 8.95. The minimum absolute atomic E-state index is 0.0468. The second-order valence-corrected chi connectivity index (χ2v) is 6.53. The van der Waals surface area contributed by atoms with Crippen molar-refractivity contribution in [2.45, 2.75) is 17.4 Å². The number of anilines is 1. The number of methoxy groups -OCH3 is 2. The van der Waals surface area contributed by atoms with Gasteiger partial charge < -0.3 is 24.8 Å². The lowest BCUT2D eigenvalue weighted by Gasteiger charge is -2.35. The summed E-state index contributed by atoms with van der Waals surface area (Å²) in [6.07, 6.45) is -5.41. The Morgan fingerprint density at radius 2 is 1.53 bits per heavy atom. The first-order chi connectivity index (χ1) is 14.8. The van der Waals surface area contributed by atoms with Gasteiger partial charge in [-0.1, -0.05) is 12.1 Å². The number of halogens is 6. The number of alkyl halides is 6. The van der Waals surface area contributed by atoms with Gasteiger partial charge in [-0.3, -0.25) is 4.79 Å². The first-order valence-electron chi connectivity index (χ1n) is 8.57. The highest BCUT2D eigenvalue weighted by Crippen LogP contribution is 2.35. The molecule has 0 spiro atoms. The van der Waals surface area contributed by atoms with Crippen LogP contribution in [0.3, 0.4) is 0 Å². The Labute approximate surface area is 183 Å². The largest absolute Gasteiger partial charge is 0.496 e. The van der Waals surface area contributed by atoms with E-state index in [9.17, 15) is 31.5 Å². The molecule has 0 aliphatic carbocycles. The number of amides is 1. The molecule has 2 N–H and O–H groups in total. The van der Waals surface area contributed by atoms with Gasteiger partial charge in [0, 0.05) is 17.3 Å². The zero-order chi connectivity index (χ0) is 24.2. The van der Waals surface area contributed by atoms with E-state index < -0.39 is 40.7 Å². The summed E-state index contributed by atoms with van der Waals surface area (Å²) in [5, 5.41) is 3.47. The van der Waals surface area contributed by atoms with Crippen LogP contribution in [0.2, 0.25) is 0 Å². The summed E-state index contributed by atoms with van der Waals surface area (Å²) < 4.78 is 81.1. The highest BCUT2D eigenvalue weighted by molar-refractivity contribution is 6.20. The van der Waals surface area contributed by atoms with E-state index in [1.807, 2.05) is 5.32 Å². The van der Waals surface area contributed by atoms with Gasteiger partial charge in [-0.25, -0.2) is 4.79 Å². The fourth-order valence-electron chi connectivity index (χ4n) is 2.57. The Bertz CT molecular complexity index is 966. The van der Waals surface area contributed by atoms with Gasteiger partial charge in [-0.15, -0.1) is 8.78 Å². The van der Waals surface area contributed by atoms with E-state index in [1.54, 1.807) is 5.32 Å². The average Bonchev–Trinajstić information content (AvgIpc) is 2.71. The van der Waals surface area contributed by atoms with Crippen molar-refractivity contribution >= 4 is 29.2 Å². The third-order valence-corrected chi connectivity index (χ3v) is 4.07. The van der Waals surface area contributed by atoms with E-state index >= 15 is 0 Å². The van der Waals surface area contributed by atoms with E-state index in [4.69, 9.17) is 4.74 Å². The maximum Gasteiger partial charge on any atom is 0.487 e. The molecular weight excluding hydrogens is 467 g/mol. The highest BCUT2D eigenvalue weighted by Gasteiger charge is 2.63. The van der Waals surface area contributed by atoms with E-state index in [1.165, 1.54) is 31.4 Å². The van der Waals surface area contributed by atoms with Gasteiger partial charge in [-0.2, -0.15) is 13.2 Å². The Hall–Kier alpha value is -3.28. The number of esters is 1. The molecule has 0 aliphatic rings. The molecule has 0 saturated carbocycles. The normalized spacial score (nSPS) is 13.5.